The number of anilines is 2. The van der Waals surface area contributed by atoms with Crippen LogP contribution in [0.25, 0.3) is 22.2 Å². The quantitative estimate of drug-likeness (QED) is 0.267. The molecule has 1 aliphatic rings. The summed E-state index contributed by atoms with van der Waals surface area (Å²) in [7, 11) is 0. The molecule has 0 aliphatic carbocycles. The highest BCUT2D eigenvalue weighted by molar-refractivity contribution is 5.93. The summed E-state index contributed by atoms with van der Waals surface area (Å²) in [5.41, 5.74) is 3.90. The van der Waals surface area contributed by atoms with E-state index in [0.717, 1.165) is 46.5 Å². The molecule has 1 aliphatic heterocycles. The van der Waals surface area contributed by atoms with Crippen molar-refractivity contribution < 1.29 is 10.9 Å². The van der Waals surface area contributed by atoms with E-state index in [1.807, 2.05) is 62.4 Å². The number of nitrogens with zero attached hydrogens (tertiary/aromatic N) is 3. The van der Waals surface area contributed by atoms with Crippen LogP contribution in [-0.2, 0) is 9.47 Å². The molecule has 1 N–H and O–H groups in total. The molecule has 0 spiro atoms. The van der Waals surface area contributed by atoms with Crippen LogP contribution in [0.4, 0.5) is 11.8 Å². The lowest BCUT2D eigenvalue weighted by atomic mass is 10.0. The first-order valence-corrected chi connectivity index (χ1v) is 12.1. The molecule has 0 bridgehead atoms. The summed E-state index contributed by atoms with van der Waals surface area (Å²) in [6, 6.07) is 16.2. The van der Waals surface area contributed by atoms with Crippen LogP contribution >= 0.6 is 0 Å². The van der Waals surface area contributed by atoms with Crippen LogP contribution in [0.3, 0.4) is 0 Å². The van der Waals surface area contributed by atoms with Crippen molar-refractivity contribution in [1.82, 2.24) is 9.97 Å². The lowest BCUT2D eigenvalue weighted by molar-refractivity contribution is 0.122. The highest BCUT2D eigenvalue weighted by Crippen LogP contribution is 2.30. The van der Waals surface area contributed by atoms with Gasteiger partial charge in [-0.1, -0.05) is 67.3 Å². The molecule has 0 atom stereocenters. The van der Waals surface area contributed by atoms with Crippen LogP contribution < -0.4 is 10.2 Å². The zero-order valence-corrected chi connectivity index (χ0v) is 20.9. The second kappa shape index (κ2) is 12.0. The van der Waals surface area contributed by atoms with Crippen molar-refractivity contribution in [3.8, 4) is 0 Å². The standard InChI is InChI=1S/C30H32N4O2.H2/c1-5-11-23(12-6-2)25-15-16-26-27(21-25)32-30(33-29(26)34-17-19-35-20-18-34)31-22(4)36-28(7-3)24-13-9-8-10-14-24;/h5-16,21H,1,4,17-20H2,2-3H3,(H,31,32,33);1H/b12-6-,23-11+,28-7?;. The summed E-state index contributed by atoms with van der Waals surface area (Å²) in [6.45, 7) is 14.7. The monoisotopic (exact) mass is 482 g/mol. The highest BCUT2D eigenvalue weighted by Gasteiger charge is 2.18. The molecule has 6 heteroatoms. The number of fused-ring (bicyclic) bond motifs is 1. The predicted octanol–water partition coefficient (Wildman–Crippen LogP) is 6.82. The Bertz CT molecular complexity index is 1330. The van der Waals surface area contributed by atoms with Gasteiger partial charge in [-0.3, -0.25) is 5.32 Å². The third-order valence-electron chi connectivity index (χ3n) is 5.77. The average Bonchev–Trinajstić information content (AvgIpc) is 2.92. The Labute approximate surface area is 214 Å². The number of hydrogen-bond acceptors (Lipinski definition) is 6. The van der Waals surface area contributed by atoms with Crippen LogP contribution in [-0.4, -0.2) is 36.3 Å². The zero-order chi connectivity index (χ0) is 25.3. The molecule has 1 fully saturated rings. The van der Waals surface area contributed by atoms with Gasteiger partial charge in [0.1, 0.15) is 11.6 Å². The summed E-state index contributed by atoms with van der Waals surface area (Å²) in [6.07, 6.45) is 9.76. The van der Waals surface area contributed by atoms with E-state index in [2.05, 4.69) is 47.6 Å². The molecule has 2 heterocycles. The Morgan fingerprint density at radius 3 is 2.56 bits per heavy atom. The van der Waals surface area contributed by atoms with E-state index in [-0.39, 0.29) is 1.43 Å². The molecule has 186 valence electrons. The second-order valence-electron chi connectivity index (χ2n) is 8.23. The minimum Gasteiger partial charge on any atom is -0.441 e. The first-order chi connectivity index (χ1) is 17.6. The number of nitrogens with one attached hydrogen (secondary N) is 1. The Kier molecular flexibility index (Phi) is 8.32. The maximum Gasteiger partial charge on any atom is 0.232 e. The van der Waals surface area contributed by atoms with Gasteiger partial charge in [0.25, 0.3) is 0 Å². The fourth-order valence-electron chi connectivity index (χ4n) is 4.09. The maximum absolute atomic E-state index is 6.03. The molecule has 1 aromatic heterocycles. The molecule has 0 saturated carbocycles. The highest BCUT2D eigenvalue weighted by atomic mass is 16.5. The molecule has 0 unspecified atom stereocenters. The summed E-state index contributed by atoms with van der Waals surface area (Å²) < 4.78 is 11.6. The molecule has 0 amide bonds. The molecule has 1 saturated heterocycles. The van der Waals surface area contributed by atoms with Gasteiger partial charge in [0.2, 0.25) is 5.95 Å². The van der Waals surface area contributed by atoms with Crippen molar-refractivity contribution >= 4 is 34.0 Å². The Balaban J connectivity index is 0.00000380. The van der Waals surface area contributed by atoms with Gasteiger partial charge < -0.3 is 14.4 Å². The summed E-state index contributed by atoms with van der Waals surface area (Å²) in [4.78, 5) is 11.9. The van der Waals surface area contributed by atoms with Crippen molar-refractivity contribution in [1.29, 1.82) is 0 Å². The lowest BCUT2D eigenvalue weighted by Crippen LogP contribution is -2.37. The Morgan fingerprint density at radius 1 is 1.08 bits per heavy atom. The van der Waals surface area contributed by atoms with Crippen LogP contribution in [0.2, 0.25) is 0 Å². The van der Waals surface area contributed by atoms with Gasteiger partial charge in [0.05, 0.1) is 18.7 Å². The molecule has 4 rings (SSSR count). The van der Waals surface area contributed by atoms with Gasteiger partial charge in [0.15, 0.2) is 5.88 Å². The summed E-state index contributed by atoms with van der Waals surface area (Å²) in [5, 5.41) is 4.15. The molecule has 36 heavy (non-hydrogen) atoms. The SMILES string of the molecule is C=C/C=C(\C=C/C)c1ccc2c(N3CCOCC3)nc(NC(=C)OC(=CC)c3ccccc3)nc2c1.[HH]. The van der Waals surface area contributed by atoms with Gasteiger partial charge in [-0.2, -0.15) is 4.98 Å². The van der Waals surface area contributed by atoms with Crippen molar-refractivity contribution in [2.24, 2.45) is 0 Å². The topological polar surface area (TPSA) is 59.5 Å². The number of benzene rings is 2. The number of rotatable bonds is 9. The third-order valence-corrected chi connectivity index (χ3v) is 5.77. The number of morpholine rings is 1. The zero-order valence-electron chi connectivity index (χ0n) is 20.9. The fourth-order valence-corrected chi connectivity index (χ4v) is 4.09. The molecular weight excluding hydrogens is 448 g/mol. The van der Waals surface area contributed by atoms with E-state index in [1.54, 1.807) is 6.08 Å². The van der Waals surface area contributed by atoms with Gasteiger partial charge in [-0.15, -0.1) is 0 Å². The third kappa shape index (κ3) is 5.90. The second-order valence-corrected chi connectivity index (χ2v) is 8.23. The molecule has 3 aromatic rings. The van der Waals surface area contributed by atoms with Gasteiger partial charge >= 0.3 is 0 Å². The first kappa shape index (κ1) is 24.9. The number of aromatic nitrogens is 2. The lowest BCUT2D eigenvalue weighted by Gasteiger charge is -2.29. The minimum atomic E-state index is 0. The number of allylic oxidation sites excluding steroid dienone is 6. The van der Waals surface area contributed by atoms with Crippen LogP contribution in [0.1, 0.15) is 26.4 Å². The van der Waals surface area contributed by atoms with E-state index < -0.39 is 0 Å². The normalized spacial score (nSPS) is 14.8. The van der Waals surface area contributed by atoms with Gasteiger partial charge in [-0.25, -0.2) is 4.98 Å². The van der Waals surface area contributed by atoms with Gasteiger partial charge in [-0.05, 0) is 49.8 Å². The molecule has 2 aromatic carbocycles. The Morgan fingerprint density at radius 2 is 1.86 bits per heavy atom. The Hall–Kier alpha value is -4.16. The van der Waals surface area contributed by atoms with E-state index in [9.17, 15) is 0 Å². The maximum atomic E-state index is 6.03. The smallest absolute Gasteiger partial charge is 0.232 e. The molecular formula is C30H34N4O2. The molecule has 6 nitrogen and oxygen atoms in total. The van der Waals surface area contributed by atoms with E-state index in [4.69, 9.17) is 19.4 Å². The van der Waals surface area contributed by atoms with Gasteiger partial charge in [0, 0.05) is 25.5 Å². The summed E-state index contributed by atoms with van der Waals surface area (Å²) in [5.74, 6) is 2.33. The number of hydrogen-bond donors (Lipinski definition) is 1. The van der Waals surface area contributed by atoms with E-state index in [1.165, 1.54) is 0 Å². The largest absolute Gasteiger partial charge is 0.441 e. The molecule has 0 radical (unpaired) electrons. The van der Waals surface area contributed by atoms with E-state index in [0.29, 0.717) is 30.8 Å². The minimum absolute atomic E-state index is 0. The van der Waals surface area contributed by atoms with Crippen molar-refractivity contribution in [2.45, 2.75) is 13.8 Å². The number of ether oxygens (including phenoxy) is 2. The fraction of sp³-hybridized carbons (Fsp3) is 0.200. The van der Waals surface area contributed by atoms with Crippen molar-refractivity contribution in [2.75, 3.05) is 36.5 Å². The first-order valence-electron chi connectivity index (χ1n) is 12.1. The van der Waals surface area contributed by atoms with Crippen LogP contribution in [0.15, 0.2) is 98.0 Å². The van der Waals surface area contributed by atoms with Crippen LogP contribution in [0, 0.1) is 0 Å². The average molecular weight is 483 g/mol. The predicted molar refractivity (Wildman–Crippen MR) is 152 cm³/mol. The summed E-state index contributed by atoms with van der Waals surface area (Å²) >= 11 is 0. The van der Waals surface area contributed by atoms with Crippen molar-refractivity contribution in [3.05, 3.63) is 109 Å². The van der Waals surface area contributed by atoms with E-state index >= 15 is 0 Å². The van der Waals surface area contributed by atoms with Crippen molar-refractivity contribution in [3.63, 3.8) is 0 Å². The van der Waals surface area contributed by atoms with Crippen LogP contribution in [0.5, 0.6) is 0 Å².